The predicted octanol–water partition coefficient (Wildman–Crippen LogP) is 5.01. The third kappa shape index (κ3) is 5.03. The van der Waals surface area contributed by atoms with Crippen molar-refractivity contribution in [2.24, 2.45) is 5.92 Å². The molecule has 1 N–H and O–H groups in total. The number of phenols is 1. The number of benzene rings is 1. The minimum Gasteiger partial charge on any atom is -0.508 e. The van der Waals surface area contributed by atoms with Gasteiger partial charge in [-0.2, -0.15) is 11.8 Å². The van der Waals surface area contributed by atoms with Crippen molar-refractivity contribution >= 4 is 11.8 Å². The van der Waals surface area contributed by atoms with Gasteiger partial charge in [0, 0.05) is 10.8 Å². The maximum absolute atomic E-state index is 9.94. The predicted molar refractivity (Wildman–Crippen MR) is 77.7 cm³/mol. The van der Waals surface area contributed by atoms with Crippen LogP contribution in [-0.4, -0.2) is 10.9 Å². The highest BCUT2D eigenvalue weighted by atomic mass is 32.2. The number of para-hydroxylation sites is 1. The molecule has 1 nitrogen and oxygen atoms in total. The molecule has 0 heterocycles. The topological polar surface area (TPSA) is 20.2 Å². The van der Waals surface area contributed by atoms with E-state index in [1.54, 1.807) is 6.07 Å². The van der Waals surface area contributed by atoms with Crippen LogP contribution >= 0.6 is 11.8 Å². The highest BCUT2D eigenvalue weighted by Crippen LogP contribution is 2.39. The van der Waals surface area contributed by atoms with Crippen LogP contribution in [0, 0.1) is 5.92 Å². The lowest BCUT2D eigenvalue weighted by Gasteiger charge is -2.20. The summed E-state index contributed by atoms with van der Waals surface area (Å²) < 4.78 is 0. The fraction of sp³-hybridized carbons (Fsp3) is 0.600. The average molecular weight is 252 g/mol. The molecule has 0 amide bonds. The number of rotatable bonds is 7. The second-order valence-electron chi connectivity index (χ2n) is 4.90. The van der Waals surface area contributed by atoms with E-state index in [0.29, 0.717) is 16.9 Å². The van der Waals surface area contributed by atoms with Crippen molar-refractivity contribution in [1.82, 2.24) is 0 Å². The molecule has 0 aliphatic carbocycles. The van der Waals surface area contributed by atoms with Crippen LogP contribution in [0.15, 0.2) is 24.3 Å². The summed E-state index contributed by atoms with van der Waals surface area (Å²) in [5, 5.41) is 10.4. The zero-order valence-electron chi connectivity index (χ0n) is 11.1. The lowest BCUT2D eigenvalue weighted by molar-refractivity contribution is 0.462. The maximum Gasteiger partial charge on any atom is 0.119 e. The molecule has 2 heteroatoms. The highest BCUT2D eigenvalue weighted by Gasteiger charge is 2.16. The molecule has 1 unspecified atom stereocenters. The molecule has 0 radical (unpaired) electrons. The Labute approximate surface area is 110 Å². The Morgan fingerprint density at radius 1 is 1.24 bits per heavy atom. The second kappa shape index (κ2) is 7.65. The Balaban J connectivity index is 2.71. The second-order valence-corrected chi connectivity index (χ2v) is 6.21. The fourth-order valence-corrected chi connectivity index (χ4v) is 3.48. The summed E-state index contributed by atoms with van der Waals surface area (Å²) in [5.74, 6) is 2.29. The first-order valence-electron chi connectivity index (χ1n) is 6.54. The fourth-order valence-electron chi connectivity index (χ4n) is 1.84. The maximum atomic E-state index is 9.94. The quantitative estimate of drug-likeness (QED) is 0.688. The number of hydrogen-bond acceptors (Lipinski definition) is 2. The smallest absolute Gasteiger partial charge is 0.119 e. The van der Waals surface area contributed by atoms with Crippen molar-refractivity contribution in [3.8, 4) is 5.75 Å². The van der Waals surface area contributed by atoms with Crippen molar-refractivity contribution in [2.75, 3.05) is 5.75 Å². The minimum absolute atomic E-state index is 0.433. The zero-order valence-corrected chi connectivity index (χ0v) is 12.0. The van der Waals surface area contributed by atoms with Crippen molar-refractivity contribution in [3.63, 3.8) is 0 Å². The van der Waals surface area contributed by atoms with Crippen LogP contribution in [0.5, 0.6) is 5.75 Å². The number of phenolic OH excluding ortho intramolecular Hbond substituents is 1. The molecule has 1 aromatic rings. The van der Waals surface area contributed by atoms with Crippen LogP contribution in [0.25, 0.3) is 0 Å². The van der Waals surface area contributed by atoms with Gasteiger partial charge in [-0.1, -0.05) is 45.4 Å². The third-order valence-electron chi connectivity index (χ3n) is 2.79. The Hall–Kier alpha value is -0.630. The molecule has 0 spiro atoms. The van der Waals surface area contributed by atoms with Crippen LogP contribution < -0.4 is 0 Å². The Morgan fingerprint density at radius 2 is 1.94 bits per heavy atom. The van der Waals surface area contributed by atoms with Crippen LogP contribution in [0.4, 0.5) is 0 Å². The van der Waals surface area contributed by atoms with Crippen molar-refractivity contribution in [1.29, 1.82) is 0 Å². The van der Waals surface area contributed by atoms with E-state index in [4.69, 9.17) is 0 Å². The number of thioether (sulfide) groups is 1. The van der Waals surface area contributed by atoms with E-state index in [2.05, 4.69) is 26.8 Å². The Morgan fingerprint density at radius 3 is 2.53 bits per heavy atom. The zero-order chi connectivity index (χ0) is 12.7. The molecule has 0 aliphatic rings. The molecule has 1 atom stereocenters. The summed E-state index contributed by atoms with van der Waals surface area (Å²) in [6.07, 6.45) is 3.63. The van der Waals surface area contributed by atoms with E-state index in [9.17, 15) is 5.11 Å². The van der Waals surface area contributed by atoms with Gasteiger partial charge in [0.1, 0.15) is 5.75 Å². The molecule has 1 aromatic carbocycles. The summed E-state index contributed by atoms with van der Waals surface area (Å²) in [6.45, 7) is 6.71. The van der Waals surface area contributed by atoms with Gasteiger partial charge in [0.25, 0.3) is 0 Å². The van der Waals surface area contributed by atoms with Crippen LogP contribution in [-0.2, 0) is 0 Å². The standard InChI is InChI=1S/C15H24OS/c1-4-5-10-17-15(11-12(2)3)13-8-6-7-9-14(13)16/h6-9,12,15-16H,4-5,10-11H2,1-3H3. The van der Waals surface area contributed by atoms with Crippen LogP contribution in [0.3, 0.4) is 0 Å². The first-order valence-corrected chi connectivity index (χ1v) is 7.59. The van der Waals surface area contributed by atoms with E-state index in [1.165, 1.54) is 18.6 Å². The first-order chi connectivity index (χ1) is 8.15. The van der Waals surface area contributed by atoms with E-state index < -0.39 is 0 Å². The molecule has 0 saturated carbocycles. The lowest BCUT2D eigenvalue weighted by Crippen LogP contribution is -2.01. The monoisotopic (exact) mass is 252 g/mol. The third-order valence-corrected chi connectivity index (χ3v) is 4.16. The molecular formula is C15H24OS. The van der Waals surface area contributed by atoms with Gasteiger partial charge in [-0.15, -0.1) is 0 Å². The van der Waals surface area contributed by atoms with Crippen molar-refractivity contribution in [2.45, 2.75) is 45.3 Å². The summed E-state index contributed by atoms with van der Waals surface area (Å²) in [6, 6.07) is 7.76. The number of hydrogen-bond donors (Lipinski definition) is 1. The molecule has 0 aromatic heterocycles. The number of aromatic hydroxyl groups is 1. The van der Waals surface area contributed by atoms with E-state index in [1.807, 2.05) is 23.9 Å². The van der Waals surface area contributed by atoms with Crippen LogP contribution in [0.1, 0.15) is 50.8 Å². The Bertz CT molecular complexity index is 322. The molecule has 17 heavy (non-hydrogen) atoms. The van der Waals surface area contributed by atoms with Gasteiger partial charge in [-0.05, 0) is 30.6 Å². The van der Waals surface area contributed by atoms with Gasteiger partial charge in [0.15, 0.2) is 0 Å². The summed E-state index contributed by atoms with van der Waals surface area (Å²) in [5.41, 5.74) is 1.10. The van der Waals surface area contributed by atoms with Gasteiger partial charge in [-0.25, -0.2) is 0 Å². The molecule has 0 saturated heterocycles. The van der Waals surface area contributed by atoms with Gasteiger partial charge < -0.3 is 5.11 Å². The van der Waals surface area contributed by atoms with E-state index in [-0.39, 0.29) is 0 Å². The molecule has 96 valence electrons. The van der Waals surface area contributed by atoms with E-state index in [0.717, 1.165) is 12.0 Å². The van der Waals surface area contributed by atoms with Crippen molar-refractivity contribution < 1.29 is 5.11 Å². The molecule has 0 aliphatic heterocycles. The Kier molecular flexibility index (Phi) is 6.49. The summed E-state index contributed by atoms with van der Waals surface area (Å²) in [7, 11) is 0. The summed E-state index contributed by atoms with van der Waals surface area (Å²) >= 11 is 1.98. The average Bonchev–Trinajstić information content (AvgIpc) is 2.28. The van der Waals surface area contributed by atoms with E-state index >= 15 is 0 Å². The van der Waals surface area contributed by atoms with Gasteiger partial charge in [0.05, 0.1) is 0 Å². The SMILES string of the molecule is CCCCSC(CC(C)C)c1ccccc1O. The van der Waals surface area contributed by atoms with Gasteiger partial charge in [-0.3, -0.25) is 0 Å². The molecule has 0 fully saturated rings. The minimum atomic E-state index is 0.433. The first kappa shape index (κ1) is 14.4. The lowest BCUT2D eigenvalue weighted by atomic mass is 10.0. The highest BCUT2D eigenvalue weighted by molar-refractivity contribution is 7.99. The summed E-state index contributed by atoms with van der Waals surface area (Å²) in [4.78, 5) is 0. The molecule has 1 rings (SSSR count). The van der Waals surface area contributed by atoms with Crippen molar-refractivity contribution in [3.05, 3.63) is 29.8 Å². The largest absolute Gasteiger partial charge is 0.508 e. The van der Waals surface area contributed by atoms with Crippen LogP contribution in [0.2, 0.25) is 0 Å². The van der Waals surface area contributed by atoms with Gasteiger partial charge >= 0.3 is 0 Å². The van der Waals surface area contributed by atoms with Gasteiger partial charge in [0.2, 0.25) is 0 Å². The molecule has 0 bridgehead atoms. The normalized spacial score (nSPS) is 12.9. The number of unbranched alkanes of at least 4 members (excludes halogenated alkanes) is 1. The molecular weight excluding hydrogens is 228 g/mol.